The summed E-state index contributed by atoms with van der Waals surface area (Å²) in [7, 11) is 4.01. The monoisotopic (exact) mass is 357 g/mol. The quantitative estimate of drug-likeness (QED) is 0.875. The van der Waals surface area contributed by atoms with Crippen molar-refractivity contribution in [2.24, 2.45) is 0 Å². The molecule has 2 aliphatic heterocycles. The van der Waals surface area contributed by atoms with E-state index in [4.69, 9.17) is 4.74 Å². The molecule has 2 aliphatic rings. The number of piperazine rings is 1. The van der Waals surface area contributed by atoms with Crippen molar-refractivity contribution >= 4 is 22.4 Å². The van der Waals surface area contributed by atoms with E-state index in [1.165, 1.54) is 5.69 Å². The fourth-order valence-electron chi connectivity index (χ4n) is 3.89. The molecule has 0 amide bonds. The number of hydrogen-bond donors (Lipinski definition) is 1. The van der Waals surface area contributed by atoms with Crippen LogP contribution in [0, 0.1) is 0 Å². The van der Waals surface area contributed by atoms with Crippen LogP contribution in [0.25, 0.3) is 10.9 Å². The molecule has 7 nitrogen and oxygen atoms in total. The highest BCUT2D eigenvalue weighted by Gasteiger charge is 2.35. The van der Waals surface area contributed by atoms with Crippen LogP contribution in [0.2, 0.25) is 0 Å². The van der Waals surface area contributed by atoms with Crippen molar-refractivity contribution in [1.82, 2.24) is 14.9 Å². The van der Waals surface area contributed by atoms with Crippen molar-refractivity contribution in [2.75, 3.05) is 69.8 Å². The van der Waals surface area contributed by atoms with E-state index in [1.807, 2.05) is 19.0 Å². The Morgan fingerprint density at radius 3 is 2.69 bits per heavy atom. The van der Waals surface area contributed by atoms with Gasteiger partial charge < -0.3 is 19.6 Å². The van der Waals surface area contributed by atoms with Crippen LogP contribution in [0.5, 0.6) is 0 Å². The number of aliphatic hydroxyl groups is 1. The average Bonchev–Trinajstić information content (AvgIpc) is 3.07. The molecule has 140 valence electrons. The van der Waals surface area contributed by atoms with Crippen molar-refractivity contribution in [3.8, 4) is 0 Å². The summed E-state index contributed by atoms with van der Waals surface area (Å²) in [5.74, 6) is 0.943. The number of ether oxygens (including phenoxy) is 1. The number of β-amino-alcohol motifs (C(OH)–C–C–N with tert-alkyl or cyclic N) is 1. The smallest absolute Gasteiger partial charge is 0.139 e. The van der Waals surface area contributed by atoms with Crippen LogP contribution in [0.3, 0.4) is 0 Å². The lowest BCUT2D eigenvalue weighted by atomic mass is 10.0. The molecule has 2 saturated heterocycles. The molecule has 2 aromatic rings. The van der Waals surface area contributed by atoms with Gasteiger partial charge in [0.25, 0.3) is 0 Å². The van der Waals surface area contributed by atoms with Gasteiger partial charge in [0.1, 0.15) is 17.7 Å². The second kappa shape index (κ2) is 6.98. The van der Waals surface area contributed by atoms with Crippen LogP contribution in [-0.2, 0) is 4.74 Å². The molecular formula is C19H27N5O2. The molecule has 26 heavy (non-hydrogen) atoms. The van der Waals surface area contributed by atoms with Gasteiger partial charge in [-0.25, -0.2) is 9.97 Å². The third-order valence-electron chi connectivity index (χ3n) is 5.36. The van der Waals surface area contributed by atoms with Crippen molar-refractivity contribution in [3.63, 3.8) is 0 Å². The average molecular weight is 357 g/mol. The number of nitrogens with zero attached hydrogens (tertiary/aromatic N) is 5. The first-order chi connectivity index (χ1) is 12.5. The molecule has 1 aromatic carbocycles. The Morgan fingerprint density at radius 1 is 1.19 bits per heavy atom. The molecule has 2 fully saturated rings. The van der Waals surface area contributed by atoms with Gasteiger partial charge in [0.15, 0.2) is 0 Å². The fourth-order valence-corrected chi connectivity index (χ4v) is 3.89. The van der Waals surface area contributed by atoms with Gasteiger partial charge in [-0.1, -0.05) is 0 Å². The van der Waals surface area contributed by atoms with E-state index in [1.54, 1.807) is 6.33 Å². The van der Waals surface area contributed by atoms with E-state index < -0.39 is 5.60 Å². The van der Waals surface area contributed by atoms with Crippen LogP contribution in [0.4, 0.5) is 11.5 Å². The normalized spacial score (nSPS) is 24.3. The van der Waals surface area contributed by atoms with E-state index in [-0.39, 0.29) is 0 Å². The second-order valence-corrected chi connectivity index (χ2v) is 7.58. The number of rotatable bonds is 4. The first-order valence-electron chi connectivity index (χ1n) is 9.24. The molecule has 0 spiro atoms. The Bertz CT molecular complexity index is 768. The Hall–Kier alpha value is -1.96. The Morgan fingerprint density at radius 2 is 2.00 bits per heavy atom. The molecule has 1 aromatic heterocycles. The SMILES string of the molecule is CN(C)c1ncnc2ccc(N3CCN(CC4(O)CCOC4)CC3)cc12. The number of aromatic nitrogens is 2. The lowest BCUT2D eigenvalue weighted by Gasteiger charge is -2.38. The topological polar surface area (TPSA) is 65.0 Å². The standard InChI is InChI=1S/C19H27N5O2/c1-22(2)18-16-11-15(3-4-17(16)20-14-21-18)24-8-6-23(7-9-24)12-19(25)5-10-26-13-19/h3-4,11,14,25H,5-10,12-13H2,1-2H3. The van der Waals surface area contributed by atoms with Crippen LogP contribution in [0.1, 0.15) is 6.42 Å². The lowest BCUT2D eigenvalue weighted by Crippen LogP contribution is -2.52. The first-order valence-corrected chi connectivity index (χ1v) is 9.24. The van der Waals surface area contributed by atoms with Crippen molar-refractivity contribution < 1.29 is 9.84 Å². The summed E-state index contributed by atoms with van der Waals surface area (Å²) >= 11 is 0. The molecule has 3 heterocycles. The molecular weight excluding hydrogens is 330 g/mol. The maximum atomic E-state index is 10.5. The fraction of sp³-hybridized carbons (Fsp3) is 0.579. The minimum atomic E-state index is -0.664. The molecule has 1 N–H and O–H groups in total. The van der Waals surface area contributed by atoms with E-state index in [2.05, 4.69) is 38.0 Å². The minimum absolute atomic E-state index is 0.463. The summed E-state index contributed by atoms with van der Waals surface area (Å²) in [4.78, 5) is 15.6. The van der Waals surface area contributed by atoms with Gasteiger partial charge in [0.2, 0.25) is 0 Å². The Kier molecular flexibility index (Phi) is 4.69. The summed E-state index contributed by atoms with van der Waals surface area (Å²) in [6, 6.07) is 6.41. The second-order valence-electron chi connectivity index (χ2n) is 7.58. The highest BCUT2D eigenvalue weighted by Crippen LogP contribution is 2.28. The molecule has 0 saturated carbocycles. The van der Waals surface area contributed by atoms with Gasteiger partial charge in [-0.3, -0.25) is 4.90 Å². The molecule has 1 unspecified atom stereocenters. The number of hydrogen-bond acceptors (Lipinski definition) is 7. The molecule has 4 rings (SSSR count). The first kappa shape index (κ1) is 17.5. The molecule has 0 bridgehead atoms. The van der Waals surface area contributed by atoms with Gasteiger partial charge in [-0.2, -0.15) is 0 Å². The zero-order chi connectivity index (χ0) is 18.1. The van der Waals surface area contributed by atoms with Crippen LogP contribution in [-0.4, -0.2) is 85.6 Å². The Labute approximate surface area is 154 Å². The van der Waals surface area contributed by atoms with E-state index in [0.717, 1.165) is 49.3 Å². The van der Waals surface area contributed by atoms with E-state index in [0.29, 0.717) is 19.8 Å². The number of fused-ring (bicyclic) bond motifs is 1. The molecule has 0 radical (unpaired) electrons. The van der Waals surface area contributed by atoms with Gasteiger partial charge in [0, 0.05) is 70.9 Å². The van der Waals surface area contributed by atoms with Crippen molar-refractivity contribution in [3.05, 3.63) is 24.5 Å². The van der Waals surface area contributed by atoms with Crippen LogP contribution >= 0.6 is 0 Å². The summed E-state index contributed by atoms with van der Waals surface area (Å²) < 4.78 is 5.36. The number of benzene rings is 1. The minimum Gasteiger partial charge on any atom is -0.386 e. The lowest BCUT2D eigenvalue weighted by molar-refractivity contribution is -0.00557. The van der Waals surface area contributed by atoms with Gasteiger partial charge in [-0.15, -0.1) is 0 Å². The maximum Gasteiger partial charge on any atom is 0.139 e. The summed E-state index contributed by atoms with van der Waals surface area (Å²) in [5, 5.41) is 11.6. The molecule has 0 aliphatic carbocycles. The zero-order valence-electron chi connectivity index (χ0n) is 15.6. The van der Waals surface area contributed by atoms with Gasteiger partial charge >= 0.3 is 0 Å². The summed E-state index contributed by atoms with van der Waals surface area (Å²) in [6.45, 7) is 5.64. The summed E-state index contributed by atoms with van der Waals surface area (Å²) in [5.41, 5.74) is 1.51. The predicted octanol–water partition coefficient (Wildman–Crippen LogP) is 0.969. The molecule has 1 atom stereocenters. The highest BCUT2D eigenvalue weighted by atomic mass is 16.5. The largest absolute Gasteiger partial charge is 0.386 e. The van der Waals surface area contributed by atoms with E-state index >= 15 is 0 Å². The third-order valence-corrected chi connectivity index (χ3v) is 5.36. The van der Waals surface area contributed by atoms with Crippen LogP contribution < -0.4 is 9.80 Å². The number of anilines is 2. The highest BCUT2D eigenvalue weighted by molar-refractivity contribution is 5.91. The third kappa shape index (κ3) is 3.47. The van der Waals surface area contributed by atoms with Crippen molar-refractivity contribution in [2.45, 2.75) is 12.0 Å². The predicted molar refractivity (Wildman–Crippen MR) is 103 cm³/mol. The maximum absolute atomic E-state index is 10.5. The van der Waals surface area contributed by atoms with Gasteiger partial charge in [0.05, 0.1) is 12.1 Å². The van der Waals surface area contributed by atoms with E-state index in [9.17, 15) is 5.11 Å². The Balaban J connectivity index is 1.46. The van der Waals surface area contributed by atoms with Gasteiger partial charge in [-0.05, 0) is 18.2 Å². The molecule has 7 heteroatoms. The van der Waals surface area contributed by atoms with Crippen LogP contribution in [0.15, 0.2) is 24.5 Å². The zero-order valence-corrected chi connectivity index (χ0v) is 15.6. The van der Waals surface area contributed by atoms with Crippen molar-refractivity contribution in [1.29, 1.82) is 0 Å². The summed E-state index contributed by atoms with van der Waals surface area (Å²) in [6.07, 6.45) is 2.36.